The molecule has 3 aromatic rings. The van der Waals surface area contributed by atoms with Gasteiger partial charge in [0.1, 0.15) is 17.2 Å². The minimum Gasteiger partial charge on any atom is -0.464 e. The summed E-state index contributed by atoms with van der Waals surface area (Å²) in [6, 6.07) is 10.5. The Labute approximate surface area is 136 Å². The summed E-state index contributed by atoms with van der Waals surface area (Å²) >= 11 is 0. The predicted octanol–water partition coefficient (Wildman–Crippen LogP) is 3.99. The van der Waals surface area contributed by atoms with E-state index in [-0.39, 0.29) is 0 Å². The molecule has 0 saturated heterocycles. The van der Waals surface area contributed by atoms with E-state index in [0.717, 1.165) is 41.9 Å². The van der Waals surface area contributed by atoms with Gasteiger partial charge in [-0.05, 0) is 50.6 Å². The highest BCUT2D eigenvalue weighted by Gasteiger charge is 2.36. The molecule has 4 nitrogen and oxygen atoms in total. The number of hydrogen-bond acceptors (Lipinski definition) is 3. The Kier molecular flexibility index (Phi) is 3.49. The summed E-state index contributed by atoms with van der Waals surface area (Å²) in [4.78, 5) is 6.95. The van der Waals surface area contributed by atoms with Crippen molar-refractivity contribution in [1.82, 2.24) is 14.3 Å². The lowest BCUT2D eigenvalue weighted by molar-refractivity contribution is 0.281. The number of pyridine rings is 1. The van der Waals surface area contributed by atoms with Gasteiger partial charge in [-0.15, -0.1) is 0 Å². The maximum atomic E-state index is 6.00. The molecular weight excluding hydrogens is 286 g/mol. The van der Waals surface area contributed by atoms with Crippen LogP contribution in [0.2, 0.25) is 0 Å². The van der Waals surface area contributed by atoms with Gasteiger partial charge in [0.15, 0.2) is 0 Å². The van der Waals surface area contributed by atoms with Crippen molar-refractivity contribution in [3.63, 3.8) is 0 Å². The standard InChI is InChI=1S/C19H23N3O/c1-13-9-17(13)18-8-7-16(23-18)12-21(3)10-15-11-22-14(2)5-4-6-19(22)20-15/h4-8,11,13,17H,9-10,12H2,1-3H3/t13-,17+/m1/s1. The van der Waals surface area contributed by atoms with Crippen molar-refractivity contribution in [3.05, 3.63) is 59.4 Å². The summed E-state index contributed by atoms with van der Waals surface area (Å²) in [5.74, 6) is 3.63. The first-order valence-electron chi connectivity index (χ1n) is 8.31. The molecule has 3 heterocycles. The molecule has 2 atom stereocenters. The SMILES string of the molecule is Cc1cccc2nc(CN(C)Cc3ccc([C@H]4C[C@H]4C)o3)cn12. The van der Waals surface area contributed by atoms with E-state index in [1.54, 1.807) is 0 Å². The normalized spacial score (nSPS) is 20.5. The molecule has 1 aliphatic rings. The van der Waals surface area contributed by atoms with Crippen LogP contribution in [0, 0.1) is 12.8 Å². The molecule has 0 unspecified atom stereocenters. The average Bonchev–Trinajstić information content (AvgIpc) is 2.91. The largest absolute Gasteiger partial charge is 0.464 e. The fourth-order valence-electron chi connectivity index (χ4n) is 3.27. The van der Waals surface area contributed by atoms with Gasteiger partial charge in [-0.3, -0.25) is 4.90 Å². The number of rotatable bonds is 5. The van der Waals surface area contributed by atoms with E-state index >= 15 is 0 Å². The lowest BCUT2D eigenvalue weighted by atomic mass is 10.3. The highest BCUT2D eigenvalue weighted by molar-refractivity contribution is 5.41. The molecule has 0 aromatic carbocycles. The number of aryl methyl sites for hydroxylation is 1. The fraction of sp³-hybridized carbons (Fsp3) is 0.421. The molecular formula is C19H23N3O. The maximum absolute atomic E-state index is 6.00. The van der Waals surface area contributed by atoms with E-state index in [9.17, 15) is 0 Å². The summed E-state index contributed by atoms with van der Waals surface area (Å²) in [5.41, 5.74) is 3.30. The van der Waals surface area contributed by atoms with Crippen LogP contribution in [0.5, 0.6) is 0 Å². The lowest BCUT2D eigenvalue weighted by Crippen LogP contribution is -2.17. The van der Waals surface area contributed by atoms with Crippen LogP contribution in [-0.2, 0) is 13.1 Å². The molecule has 23 heavy (non-hydrogen) atoms. The Morgan fingerprint density at radius 3 is 2.83 bits per heavy atom. The van der Waals surface area contributed by atoms with Crippen molar-refractivity contribution in [2.45, 2.75) is 39.3 Å². The van der Waals surface area contributed by atoms with Crippen molar-refractivity contribution in [2.75, 3.05) is 7.05 Å². The van der Waals surface area contributed by atoms with Crippen molar-refractivity contribution >= 4 is 5.65 Å². The number of nitrogens with zero attached hydrogens (tertiary/aromatic N) is 3. The van der Waals surface area contributed by atoms with Gasteiger partial charge in [-0.2, -0.15) is 0 Å². The van der Waals surface area contributed by atoms with Crippen LogP contribution in [0.4, 0.5) is 0 Å². The zero-order valence-corrected chi connectivity index (χ0v) is 14.0. The van der Waals surface area contributed by atoms with Crippen LogP contribution in [0.3, 0.4) is 0 Å². The zero-order chi connectivity index (χ0) is 16.0. The van der Waals surface area contributed by atoms with Gasteiger partial charge in [0.05, 0.1) is 12.2 Å². The molecule has 0 spiro atoms. The predicted molar refractivity (Wildman–Crippen MR) is 90.3 cm³/mol. The van der Waals surface area contributed by atoms with Gasteiger partial charge in [-0.25, -0.2) is 4.98 Å². The smallest absolute Gasteiger partial charge is 0.137 e. The van der Waals surface area contributed by atoms with Gasteiger partial charge in [0.2, 0.25) is 0 Å². The molecule has 4 rings (SSSR count). The third-order valence-corrected chi connectivity index (χ3v) is 4.76. The number of hydrogen-bond donors (Lipinski definition) is 0. The van der Waals surface area contributed by atoms with Crippen LogP contribution in [0.15, 0.2) is 40.9 Å². The molecule has 0 aliphatic heterocycles. The molecule has 0 radical (unpaired) electrons. The van der Waals surface area contributed by atoms with E-state index in [4.69, 9.17) is 9.40 Å². The van der Waals surface area contributed by atoms with Crippen molar-refractivity contribution < 1.29 is 4.42 Å². The van der Waals surface area contributed by atoms with Gasteiger partial charge in [-0.1, -0.05) is 13.0 Å². The number of aromatic nitrogens is 2. The minimum atomic E-state index is 0.649. The third kappa shape index (κ3) is 2.91. The van der Waals surface area contributed by atoms with E-state index in [0.29, 0.717) is 5.92 Å². The average molecular weight is 309 g/mol. The number of fused-ring (bicyclic) bond motifs is 1. The van der Waals surface area contributed by atoms with Crippen molar-refractivity contribution in [3.8, 4) is 0 Å². The molecule has 0 N–H and O–H groups in total. The van der Waals surface area contributed by atoms with Gasteiger partial charge >= 0.3 is 0 Å². The molecule has 3 aromatic heterocycles. The Bertz CT molecular complexity index is 832. The van der Waals surface area contributed by atoms with E-state index in [2.05, 4.69) is 60.7 Å². The van der Waals surface area contributed by atoms with Gasteiger partial charge < -0.3 is 8.82 Å². The summed E-state index contributed by atoms with van der Waals surface area (Å²) in [6.07, 6.45) is 3.39. The molecule has 1 saturated carbocycles. The van der Waals surface area contributed by atoms with Gasteiger partial charge in [0, 0.05) is 24.4 Å². The molecule has 0 amide bonds. The molecule has 120 valence electrons. The summed E-state index contributed by atoms with van der Waals surface area (Å²) in [7, 11) is 2.11. The number of imidazole rings is 1. The summed E-state index contributed by atoms with van der Waals surface area (Å²) in [5, 5.41) is 0. The van der Waals surface area contributed by atoms with Gasteiger partial charge in [0.25, 0.3) is 0 Å². The maximum Gasteiger partial charge on any atom is 0.137 e. The monoisotopic (exact) mass is 309 g/mol. The Balaban J connectivity index is 1.43. The Hall–Kier alpha value is -2.07. The Morgan fingerprint density at radius 2 is 2.09 bits per heavy atom. The van der Waals surface area contributed by atoms with Crippen LogP contribution < -0.4 is 0 Å². The first-order valence-corrected chi connectivity index (χ1v) is 8.31. The highest BCUT2D eigenvalue weighted by atomic mass is 16.3. The molecule has 1 aliphatic carbocycles. The molecule has 0 bridgehead atoms. The van der Waals surface area contributed by atoms with Crippen LogP contribution in [-0.4, -0.2) is 21.3 Å². The third-order valence-electron chi connectivity index (χ3n) is 4.76. The zero-order valence-electron chi connectivity index (χ0n) is 14.0. The first-order chi connectivity index (χ1) is 11.1. The van der Waals surface area contributed by atoms with Crippen molar-refractivity contribution in [2.24, 2.45) is 5.92 Å². The summed E-state index contributed by atoms with van der Waals surface area (Å²) in [6.45, 7) is 6.01. The van der Waals surface area contributed by atoms with E-state index in [1.165, 1.54) is 12.1 Å². The van der Waals surface area contributed by atoms with Crippen LogP contribution in [0.1, 0.15) is 42.2 Å². The van der Waals surface area contributed by atoms with E-state index in [1.807, 2.05) is 6.07 Å². The van der Waals surface area contributed by atoms with E-state index < -0.39 is 0 Å². The van der Waals surface area contributed by atoms with Crippen LogP contribution in [0.25, 0.3) is 5.65 Å². The minimum absolute atomic E-state index is 0.649. The van der Waals surface area contributed by atoms with Crippen molar-refractivity contribution in [1.29, 1.82) is 0 Å². The summed E-state index contributed by atoms with van der Waals surface area (Å²) < 4.78 is 8.14. The second-order valence-electron chi connectivity index (χ2n) is 6.92. The highest BCUT2D eigenvalue weighted by Crippen LogP contribution is 2.47. The van der Waals surface area contributed by atoms with Crippen LogP contribution >= 0.6 is 0 Å². The second kappa shape index (κ2) is 5.53. The number of furan rings is 1. The fourth-order valence-corrected chi connectivity index (χ4v) is 3.27. The first kappa shape index (κ1) is 14.5. The second-order valence-corrected chi connectivity index (χ2v) is 6.92. The molecule has 4 heteroatoms. The Morgan fingerprint density at radius 1 is 1.26 bits per heavy atom. The quantitative estimate of drug-likeness (QED) is 0.714. The molecule has 1 fully saturated rings. The topological polar surface area (TPSA) is 33.7 Å². The lowest BCUT2D eigenvalue weighted by Gasteiger charge is -2.13.